The molecule has 0 saturated heterocycles. The van der Waals surface area contributed by atoms with E-state index in [2.05, 4.69) is 26.2 Å². The molecule has 0 fully saturated rings. The van der Waals surface area contributed by atoms with Gasteiger partial charge in [-0.1, -0.05) is 23.7 Å². The fraction of sp³-hybridized carbons (Fsp3) is 0.143. The normalized spacial score (nSPS) is 11.8. The summed E-state index contributed by atoms with van der Waals surface area (Å²) in [5.41, 5.74) is 2.34. The van der Waals surface area contributed by atoms with Gasteiger partial charge in [-0.2, -0.15) is 4.68 Å². The molecule has 0 saturated carbocycles. The molecule has 32 heavy (non-hydrogen) atoms. The van der Waals surface area contributed by atoms with Gasteiger partial charge in [0, 0.05) is 22.3 Å². The maximum atomic E-state index is 12.4. The summed E-state index contributed by atoms with van der Waals surface area (Å²) in [5.74, 6) is -1.84. The number of carboxylic acid groups (broad SMARTS) is 1. The van der Waals surface area contributed by atoms with Crippen molar-refractivity contribution in [3.8, 4) is 5.69 Å². The van der Waals surface area contributed by atoms with Crippen molar-refractivity contribution in [2.24, 2.45) is 0 Å². The zero-order valence-corrected chi connectivity index (χ0v) is 17.7. The molecule has 1 heterocycles. The van der Waals surface area contributed by atoms with Gasteiger partial charge >= 0.3 is 5.97 Å². The van der Waals surface area contributed by atoms with Crippen LogP contribution in [0.2, 0.25) is 5.02 Å². The third-order valence-corrected chi connectivity index (χ3v) is 4.56. The van der Waals surface area contributed by atoms with Crippen molar-refractivity contribution in [2.45, 2.75) is 19.4 Å². The average Bonchev–Trinajstić information content (AvgIpc) is 3.28. The largest absolute Gasteiger partial charge is 0.481 e. The van der Waals surface area contributed by atoms with E-state index in [0.717, 1.165) is 0 Å². The third kappa shape index (κ3) is 6.22. The Labute approximate surface area is 187 Å². The number of anilines is 1. The fourth-order valence-electron chi connectivity index (χ4n) is 2.76. The Morgan fingerprint density at radius 3 is 2.59 bits per heavy atom. The number of nitrogens with one attached hydrogen (secondary N) is 2. The van der Waals surface area contributed by atoms with Gasteiger partial charge in [0.25, 0.3) is 0 Å². The van der Waals surface area contributed by atoms with Crippen LogP contribution in [0.3, 0.4) is 0 Å². The van der Waals surface area contributed by atoms with Crippen LogP contribution in [0.15, 0.2) is 54.9 Å². The first-order valence-corrected chi connectivity index (χ1v) is 9.82. The SMILES string of the molecule is C[C@H](NC(=O)/C=C/c1cc(Cl)ccc1-n1cnnn1)C(=O)Nc1ccc(CC(=O)O)cc1. The highest BCUT2D eigenvalue weighted by atomic mass is 35.5. The number of halogens is 1. The minimum atomic E-state index is -0.936. The van der Waals surface area contributed by atoms with Gasteiger partial charge in [-0.15, -0.1) is 5.10 Å². The molecule has 0 aliphatic carbocycles. The van der Waals surface area contributed by atoms with Crippen LogP contribution in [-0.2, 0) is 20.8 Å². The smallest absolute Gasteiger partial charge is 0.307 e. The third-order valence-electron chi connectivity index (χ3n) is 4.33. The molecule has 0 unspecified atom stereocenters. The quantitative estimate of drug-likeness (QED) is 0.443. The summed E-state index contributed by atoms with van der Waals surface area (Å²) in [6.07, 6.45) is 4.14. The van der Waals surface area contributed by atoms with Crippen molar-refractivity contribution in [3.63, 3.8) is 0 Å². The topological polar surface area (TPSA) is 139 Å². The first kappa shape index (κ1) is 22.6. The molecule has 0 aliphatic heterocycles. The van der Waals surface area contributed by atoms with Gasteiger partial charge in [0.15, 0.2) is 0 Å². The van der Waals surface area contributed by atoms with E-state index < -0.39 is 23.8 Å². The summed E-state index contributed by atoms with van der Waals surface area (Å²) >= 11 is 6.05. The standard InChI is InChI=1S/C21H19ClN6O4/c1-13(21(32)25-17-6-2-14(3-7-17)10-20(30)31)24-19(29)9-4-15-11-16(22)5-8-18(15)28-12-23-26-27-28/h2-9,11-13H,10H2,1H3,(H,24,29)(H,25,32)(H,30,31)/b9-4+/t13-/m0/s1. The predicted molar refractivity (Wildman–Crippen MR) is 117 cm³/mol. The van der Waals surface area contributed by atoms with E-state index in [4.69, 9.17) is 16.7 Å². The monoisotopic (exact) mass is 454 g/mol. The first-order chi connectivity index (χ1) is 15.3. The number of hydrogen-bond donors (Lipinski definition) is 3. The fourth-order valence-corrected chi connectivity index (χ4v) is 2.94. The highest BCUT2D eigenvalue weighted by molar-refractivity contribution is 6.30. The van der Waals surface area contributed by atoms with Gasteiger partial charge < -0.3 is 15.7 Å². The van der Waals surface area contributed by atoms with Gasteiger partial charge in [0.2, 0.25) is 11.8 Å². The predicted octanol–water partition coefficient (Wildman–Crippen LogP) is 2.10. The minimum absolute atomic E-state index is 0.102. The molecule has 164 valence electrons. The molecule has 2 aromatic carbocycles. The van der Waals surface area contributed by atoms with Crippen LogP contribution in [0, 0.1) is 0 Å². The second-order valence-corrected chi connectivity index (χ2v) is 7.21. The number of carbonyl (C=O) groups excluding carboxylic acids is 2. The van der Waals surface area contributed by atoms with Crippen molar-refractivity contribution in [3.05, 3.63) is 71.0 Å². The van der Waals surface area contributed by atoms with Crippen LogP contribution < -0.4 is 10.6 Å². The van der Waals surface area contributed by atoms with E-state index in [1.165, 1.54) is 17.1 Å². The molecule has 1 aromatic heterocycles. The molecule has 0 radical (unpaired) electrons. The minimum Gasteiger partial charge on any atom is -0.481 e. The highest BCUT2D eigenvalue weighted by Gasteiger charge is 2.15. The average molecular weight is 455 g/mol. The molecular formula is C21H19ClN6O4. The summed E-state index contributed by atoms with van der Waals surface area (Å²) < 4.78 is 1.44. The number of aromatic nitrogens is 4. The molecule has 10 nitrogen and oxygen atoms in total. The highest BCUT2D eigenvalue weighted by Crippen LogP contribution is 2.20. The Morgan fingerprint density at radius 1 is 1.19 bits per heavy atom. The summed E-state index contributed by atoms with van der Waals surface area (Å²) in [5, 5.41) is 25.5. The Kier molecular flexibility index (Phi) is 7.29. The number of carbonyl (C=O) groups is 3. The zero-order chi connectivity index (χ0) is 23.1. The van der Waals surface area contributed by atoms with Crippen LogP contribution in [-0.4, -0.2) is 49.1 Å². The Hall–Kier alpha value is -4.05. The zero-order valence-electron chi connectivity index (χ0n) is 16.9. The van der Waals surface area contributed by atoms with Crippen molar-refractivity contribution in [2.75, 3.05) is 5.32 Å². The summed E-state index contributed by atoms with van der Waals surface area (Å²) in [7, 11) is 0. The number of tetrazole rings is 1. The molecule has 1 atom stereocenters. The lowest BCUT2D eigenvalue weighted by Gasteiger charge is -2.13. The summed E-state index contributed by atoms with van der Waals surface area (Å²) in [4.78, 5) is 35.4. The van der Waals surface area contributed by atoms with E-state index in [1.807, 2.05) is 0 Å². The number of amides is 2. The van der Waals surface area contributed by atoms with E-state index in [0.29, 0.717) is 27.5 Å². The molecule has 0 spiro atoms. The number of benzene rings is 2. The number of hydrogen-bond acceptors (Lipinski definition) is 6. The molecular weight excluding hydrogens is 436 g/mol. The summed E-state index contributed by atoms with van der Waals surface area (Å²) in [6.45, 7) is 1.55. The Morgan fingerprint density at radius 2 is 1.94 bits per heavy atom. The molecule has 11 heteroatoms. The maximum absolute atomic E-state index is 12.4. The van der Waals surface area contributed by atoms with Crippen LogP contribution in [0.4, 0.5) is 5.69 Å². The van der Waals surface area contributed by atoms with Crippen LogP contribution in [0.1, 0.15) is 18.1 Å². The molecule has 0 bridgehead atoms. The number of nitrogens with zero attached hydrogens (tertiary/aromatic N) is 4. The lowest BCUT2D eigenvalue weighted by Crippen LogP contribution is -2.40. The van der Waals surface area contributed by atoms with E-state index in [9.17, 15) is 14.4 Å². The van der Waals surface area contributed by atoms with Gasteiger partial charge in [0.05, 0.1) is 12.1 Å². The van der Waals surface area contributed by atoms with Crippen LogP contribution in [0.25, 0.3) is 11.8 Å². The molecule has 3 rings (SSSR count). The lowest BCUT2D eigenvalue weighted by molar-refractivity contribution is -0.136. The van der Waals surface area contributed by atoms with Crippen molar-refractivity contribution in [1.29, 1.82) is 0 Å². The van der Waals surface area contributed by atoms with E-state index in [1.54, 1.807) is 55.5 Å². The number of aliphatic carboxylic acids is 1. The first-order valence-electron chi connectivity index (χ1n) is 9.45. The van der Waals surface area contributed by atoms with Crippen LogP contribution >= 0.6 is 11.6 Å². The Bertz CT molecular complexity index is 1150. The molecule has 3 aromatic rings. The van der Waals surface area contributed by atoms with E-state index >= 15 is 0 Å². The van der Waals surface area contributed by atoms with Crippen LogP contribution in [0.5, 0.6) is 0 Å². The second-order valence-electron chi connectivity index (χ2n) is 6.78. The van der Waals surface area contributed by atoms with Gasteiger partial charge in [-0.3, -0.25) is 14.4 Å². The molecule has 3 N–H and O–H groups in total. The maximum Gasteiger partial charge on any atom is 0.307 e. The van der Waals surface area contributed by atoms with Crippen molar-refractivity contribution in [1.82, 2.24) is 25.5 Å². The Balaban J connectivity index is 1.60. The van der Waals surface area contributed by atoms with Crippen molar-refractivity contribution >= 4 is 41.1 Å². The van der Waals surface area contributed by atoms with Gasteiger partial charge in [-0.25, -0.2) is 0 Å². The number of rotatable bonds is 8. The molecule has 0 aliphatic rings. The number of carboxylic acids is 1. The molecule has 2 amide bonds. The second kappa shape index (κ2) is 10.3. The lowest BCUT2D eigenvalue weighted by atomic mass is 10.1. The van der Waals surface area contributed by atoms with Gasteiger partial charge in [0.1, 0.15) is 12.4 Å². The van der Waals surface area contributed by atoms with Gasteiger partial charge in [-0.05, 0) is 59.3 Å². The van der Waals surface area contributed by atoms with E-state index in [-0.39, 0.29) is 6.42 Å². The van der Waals surface area contributed by atoms with Crippen molar-refractivity contribution < 1.29 is 19.5 Å². The summed E-state index contributed by atoms with van der Waals surface area (Å²) in [6, 6.07) is 10.7.